The lowest BCUT2D eigenvalue weighted by atomic mass is 10.1. The molecule has 2 aromatic heterocycles. The van der Waals surface area contributed by atoms with Gasteiger partial charge in [0.2, 0.25) is 5.91 Å². The SMILES string of the molecule is Cc1c(C(=O)NNC(=O)c2cccc(NC(=O)CCCc3cccs3)c2)oc2ccccc12. The van der Waals surface area contributed by atoms with Crippen molar-refractivity contribution < 1.29 is 18.8 Å². The Balaban J connectivity index is 1.31. The van der Waals surface area contributed by atoms with Gasteiger partial charge in [0.15, 0.2) is 5.76 Å². The van der Waals surface area contributed by atoms with Gasteiger partial charge in [-0.2, -0.15) is 0 Å². The third-order valence-electron chi connectivity index (χ3n) is 5.16. The maximum Gasteiger partial charge on any atom is 0.305 e. The van der Waals surface area contributed by atoms with Crippen LogP contribution in [0.4, 0.5) is 5.69 Å². The molecular formula is C25H23N3O4S. The van der Waals surface area contributed by atoms with Gasteiger partial charge in [-0.25, -0.2) is 0 Å². The minimum absolute atomic E-state index is 0.113. The number of para-hydroxylation sites is 1. The fraction of sp³-hybridized carbons (Fsp3) is 0.160. The average Bonchev–Trinajstić information content (AvgIpc) is 3.45. The van der Waals surface area contributed by atoms with Crippen LogP contribution < -0.4 is 16.2 Å². The summed E-state index contributed by atoms with van der Waals surface area (Å²) < 4.78 is 5.61. The molecule has 3 N–H and O–H groups in total. The van der Waals surface area contributed by atoms with Crippen molar-refractivity contribution in [2.75, 3.05) is 5.32 Å². The molecule has 2 aromatic carbocycles. The second kappa shape index (κ2) is 10.1. The molecular weight excluding hydrogens is 438 g/mol. The van der Waals surface area contributed by atoms with Crippen LogP contribution in [0.5, 0.6) is 0 Å². The molecule has 4 rings (SSSR count). The van der Waals surface area contributed by atoms with Crippen molar-refractivity contribution in [3.63, 3.8) is 0 Å². The zero-order valence-electron chi connectivity index (χ0n) is 18.0. The molecule has 0 bridgehead atoms. The number of carbonyl (C=O) groups is 3. The van der Waals surface area contributed by atoms with Crippen LogP contribution in [0.3, 0.4) is 0 Å². The molecule has 2 heterocycles. The largest absolute Gasteiger partial charge is 0.451 e. The number of hydrogen-bond donors (Lipinski definition) is 3. The summed E-state index contributed by atoms with van der Waals surface area (Å²) in [5.41, 5.74) is 6.88. The summed E-state index contributed by atoms with van der Waals surface area (Å²) in [6, 6.07) is 17.9. The number of carbonyl (C=O) groups excluding carboxylic acids is 3. The highest BCUT2D eigenvalue weighted by Gasteiger charge is 2.18. The van der Waals surface area contributed by atoms with Crippen molar-refractivity contribution in [3.05, 3.63) is 87.8 Å². The predicted octanol–water partition coefficient (Wildman–Crippen LogP) is 4.84. The zero-order valence-corrected chi connectivity index (χ0v) is 18.8. The lowest BCUT2D eigenvalue weighted by Gasteiger charge is -2.09. The van der Waals surface area contributed by atoms with E-state index in [1.165, 1.54) is 4.88 Å². The highest BCUT2D eigenvalue weighted by atomic mass is 32.1. The summed E-state index contributed by atoms with van der Waals surface area (Å²) in [4.78, 5) is 38.5. The van der Waals surface area contributed by atoms with Gasteiger partial charge in [-0.05, 0) is 55.5 Å². The average molecular weight is 462 g/mol. The van der Waals surface area contributed by atoms with Gasteiger partial charge in [-0.1, -0.05) is 30.3 Å². The standard InChI is InChI=1S/C25H23N3O4S/c1-16-20-11-2-3-12-21(20)32-23(16)25(31)28-27-24(30)17-7-4-8-18(15-17)26-22(29)13-5-9-19-10-6-14-33-19/h2-4,6-8,10-12,14-15H,5,9,13H2,1H3,(H,26,29)(H,27,30)(H,28,31). The number of amides is 3. The van der Waals surface area contributed by atoms with E-state index in [0.717, 1.165) is 18.2 Å². The number of benzene rings is 2. The fourth-order valence-electron chi connectivity index (χ4n) is 3.47. The molecule has 0 aliphatic heterocycles. The molecule has 0 fully saturated rings. The molecule has 4 aromatic rings. The van der Waals surface area contributed by atoms with Crippen LogP contribution in [0.1, 0.15) is 44.2 Å². The summed E-state index contributed by atoms with van der Waals surface area (Å²) in [5.74, 6) is -1.03. The first-order valence-corrected chi connectivity index (χ1v) is 11.4. The van der Waals surface area contributed by atoms with Gasteiger partial charge in [0, 0.05) is 33.5 Å². The van der Waals surface area contributed by atoms with Gasteiger partial charge in [0.1, 0.15) is 5.58 Å². The maximum atomic E-state index is 12.5. The first kappa shape index (κ1) is 22.3. The molecule has 0 atom stereocenters. The topological polar surface area (TPSA) is 100 Å². The van der Waals surface area contributed by atoms with Crippen molar-refractivity contribution in [1.29, 1.82) is 0 Å². The van der Waals surface area contributed by atoms with Crippen LogP contribution in [0.2, 0.25) is 0 Å². The number of nitrogens with one attached hydrogen (secondary N) is 3. The third kappa shape index (κ3) is 5.48. The highest BCUT2D eigenvalue weighted by molar-refractivity contribution is 7.09. The molecule has 0 radical (unpaired) electrons. The Morgan fingerprint density at radius 2 is 1.76 bits per heavy atom. The molecule has 168 valence electrons. The van der Waals surface area contributed by atoms with Crippen LogP contribution in [-0.4, -0.2) is 17.7 Å². The lowest BCUT2D eigenvalue weighted by Crippen LogP contribution is -2.41. The van der Waals surface area contributed by atoms with Crippen molar-refractivity contribution in [2.45, 2.75) is 26.2 Å². The highest BCUT2D eigenvalue weighted by Crippen LogP contribution is 2.24. The number of hydrazine groups is 1. The van der Waals surface area contributed by atoms with Gasteiger partial charge < -0.3 is 9.73 Å². The van der Waals surface area contributed by atoms with E-state index in [2.05, 4.69) is 22.2 Å². The number of thiophene rings is 1. The summed E-state index contributed by atoms with van der Waals surface area (Å²) in [6.07, 6.45) is 2.00. The van der Waals surface area contributed by atoms with E-state index >= 15 is 0 Å². The van der Waals surface area contributed by atoms with Gasteiger partial charge in [-0.3, -0.25) is 25.2 Å². The quantitative estimate of drug-likeness (QED) is 0.343. The maximum absolute atomic E-state index is 12.5. The minimum Gasteiger partial charge on any atom is -0.451 e. The molecule has 8 heteroatoms. The number of fused-ring (bicyclic) bond motifs is 1. The van der Waals surface area contributed by atoms with Crippen molar-refractivity contribution in [2.24, 2.45) is 0 Å². The molecule has 0 saturated heterocycles. The van der Waals surface area contributed by atoms with E-state index in [4.69, 9.17) is 4.42 Å². The Labute approximate surface area is 194 Å². The van der Waals surface area contributed by atoms with Crippen LogP contribution in [0.15, 0.2) is 70.5 Å². The number of anilines is 1. The molecule has 33 heavy (non-hydrogen) atoms. The Morgan fingerprint density at radius 1 is 0.939 bits per heavy atom. The lowest BCUT2D eigenvalue weighted by molar-refractivity contribution is -0.116. The summed E-state index contributed by atoms with van der Waals surface area (Å²) in [5, 5.41) is 5.67. The minimum atomic E-state index is -0.549. The van der Waals surface area contributed by atoms with E-state index in [0.29, 0.717) is 28.8 Å². The van der Waals surface area contributed by atoms with Crippen molar-refractivity contribution in [1.82, 2.24) is 10.9 Å². The monoisotopic (exact) mass is 461 g/mol. The number of aryl methyl sites for hydroxylation is 2. The van der Waals surface area contributed by atoms with Crippen molar-refractivity contribution >= 4 is 45.7 Å². The number of furan rings is 1. The molecule has 0 aliphatic rings. The van der Waals surface area contributed by atoms with E-state index in [1.807, 2.05) is 29.6 Å². The van der Waals surface area contributed by atoms with Crippen LogP contribution >= 0.6 is 11.3 Å². The second-order valence-electron chi connectivity index (χ2n) is 7.52. The molecule has 0 unspecified atom stereocenters. The van der Waals surface area contributed by atoms with Gasteiger partial charge in [0.05, 0.1) is 0 Å². The number of hydrogen-bond acceptors (Lipinski definition) is 5. The zero-order chi connectivity index (χ0) is 23.2. The molecule has 3 amide bonds. The first-order chi connectivity index (χ1) is 16.0. The smallest absolute Gasteiger partial charge is 0.305 e. The Hall–Kier alpha value is -3.91. The van der Waals surface area contributed by atoms with E-state index < -0.39 is 11.8 Å². The first-order valence-electron chi connectivity index (χ1n) is 10.5. The van der Waals surface area contributed by atoms with Gasteiger partial charge >= 0.3 is 5.91 Å². The fourth-order valence-corrected chi connectivity index (χ4v) is 4.22. The Kier molecular flexibility index (Phi) is 6.85. The van der Waals surface area contributed by atoms with Crippen molar-refractivity contribution in [3.8, 4) is 0 Å². The summed E-state index contributed by atoms with van der Waals surface area (Å²) in [6.45, 7) is 1.79. The van der Waals surface area contributed by atoms with Gasteiger partial charge in [-0.15, -0.1) is 11.3 Å². The molecule has 0 spiro atoms. The van der Waals surface area contributed by atoms with E-state index in [1.54, 1.807) is 48.6 Å². The van der Waals surface area contributed by atoms with Crippen LogP contribution in [-0.2, 0) is 11.2 Å². The number of rotatable bonds is 7. The predicted molar refractivity (Wildman–Crippen MR) is 128 cm³/mol. The summed E-state index contributed by atoms with van der Waals surface area (Å²) >= 11 is 1.68. The Bertz CT molecular complexity index is 1290. The van der Waals surface area contributed by atoms with Crippen LogP contribution in [0, 0.1) is 6.92 Å². The third-order valence-corrected chi connectivity index (χ3v) is 6.09. The summed E-state index contributed by atoms with van der Waals surface area (Å²) in [7, 11) is 0. The molecule has 0 aliphatic carbocycles. The molecule has 0 saturated carbocycles. The molecule has 7 nitrogen and oxygen atoms in total. The Morgan fingerprint density at radius 3 is 2.55 bits per heavy atom. The normalized spacial score (nSPS) is 10.7. The second-order valence-corrected chi connectivity index (χ2v) is 8.55. The van der Waals surface area contributed by atoms with E-state index in [9.17, 15) is 14.4 Å². The van der Waals surface area contributed by atoms with Gasteiger partial charge in [0.25, 0.3) is 5.91 Å². The van der Waals surface area contributed by atoms with Crippen LogP contribution in [0.25, 0.3) is 11.0 Å². The van der Waals surface area contributed by atoms with E-state index in [-0.39, 0.29) is 11.7 Å².